The molecule has 0 saturated heterocycles. The van der Waals surface area contributed by atoms with Gasteiger partial charge in [0, 0.05) is 12.4 Å². The summed E-state index contributed by atoms with van der Waals surface area (Å²) in [4.78, 5) is 16.2. The SMILES string of the molecule is O=C(Nc1ccccc1O)c1cnn2cccnc12. The second-order valence-electron chi connectivity index (χ2n) is 3.92. The van der Waals surface area contributed by atoms with Crippen molar-refractivity contribution >= 4 is 17.2 Å². The van der Waals surface area contributed by atoms with Gasteiger partial charge < -0.3 is 10.4 Å². The van der Waals surface area contributed by atoms with Crippen LogP contribution in [0.15, 0.2) is 48.9 Å². The van der Waals surface area contributed by atoms with E-state index in [2.05, 4.69) is 15.4 Å². The summed E-state index contributed by atoms with van der Waals surface area (Å²) >= 11 is 0. The highest BCUT2D eigenvalue weighted by molar-refractivity contribution is 6.08. The highest BCUT2D eigenvalue weighted by atomic mass is 16.3. The fraction of sp³-hybridized carbons (Fsp3) is 0. The third kappa shape index (κ3) is 1.99. The summed E-state index contributed by atoms with van der Waals surface area (Å²) in [5, 5.41) is 16.3. The Morgan fingerprint density at radius 3 is 2.95 bits per heavy atom. The van der Waals surface area contributed by atoms with E-state index in [4.69, 9.17) is 0 Å². The van der Waals surface area contributed by atoms with Crippen LogP contribution in [0.25, 0.3) is 5.65 Å². The zero-order chi connectivity index (χ0) is 13.2. The molecule has 6 heteroatoms. The topological polar surface area (TPSA) is 79.5 Å². The number of hydrogen-bond acceptors (Lipinski definition) is 4. The van der Waals surface area contributed by atoms with Crippen molar-refractivity contribution in [2.24, 2.45) is 0 Å². The highest BCUT2D eigenvalue weighted by Crippen LogP contribution is 2.22. The van der Waals surface area contributed by atoms with Crippen molar-refractivity contribution in [1.29, 1.82) is 0 Å². The van der Waals surface area contributed by atoms with Crippen molar-refractivity contribution in [2.75, 3.05) is 5.32 Å². The second kappa shape index (κ2) is 4.41. The molecule has 0 bridgehead atoms. The lowest BCUT2D eigenvalue weighted by Crippen LogP contribution is -2.12. The van der Waals surface area contributed by atoms with Crippen LogP contribution in [0.4, 0.5) is 5.69 Å². The summed E-state index contributed by atoms with van der Waals surface area (Å²) < 4.78 is 1.51. The van der Waals surface area contributed by atoms with Gasteiger partial charge in [0.1, 0.15) is 11.3 Å². The first-order valence-electron chi connectivity index (χ1n) is 5.63. The van der Waals surface area contributed by atoms with Gasteiger partial charge in [0.05, 0.1) is 11.9 Å². The van der Waals surface area contributed by atoms with Gasteiger partial charge in [-0.2, -0.15) is 5.10 Å². The zero-order valence-corrected chi connectivity index (χ0v) is 9.82. The molecule has 1 amide bonds. The average molecular weight is 254 g/mol. The molecule has 0 saturated carbocycles. The Bertz CT molecular complexity index is 751. The molecule has 0 aliphatic rings. The molecule has 0 radical (unpaired) electrons. The maximum absolute atomic E-state index is 12.1. The number of carbonyl (C=O) groups excluding carboxylic acids is 1. The molecule has 2 N–H and O–H groups in total. The van der Waals surface area contributed by atoms with Crippen molar-refractivity contribution in [3.63, 3.8) is 0 Å². The molecule has 1 aromatic carbocycles. The predicted octanol–water partition coefficient (Wildman–Crippen LogP) is 1.69. The van der Waals surface area contributed by atoms with Crippen molar-refractivity contribution < 1.29 is 9.90 Å². The van der Waals surface area contributed by atoms with Crippen LogP contribution in [0.1, 0.15) is 10.4 Å². The molecule has 6 nitrogen and oxygen atoms in total. The summed E-state index contributed by atoms with van der Waals surface area (Å²) in [5.74, 6) is -0.351. The first-order valence-corrected chi connectivity index (χ1v) is 5.63. The number of hydrogen-bond donors (Lipinski definition) is 2. The molecule has 94 valence electrons. The minimum absolute atomic E-state index is 0.0142. The Hall–Kier alpha value is -2.89. The van der Waals surface area contributed by atoms with E-state index in [1.165, 1.54) is 16.8 Å². The van der Waals surface area contributed by atoms with E-state index < -0.39 is 0 Å². The standard InChI is InChI=1S/C13H10N4O2/c18-11-5-2-1-4-10(11)16-13(19)9-8-15-17-7-3-6-14-12(9)17/h1-8,18H,(H,16,19). The largest absolute Gasteiger partial charge is 0.506 e. The number of aromatic hydroxyl groups is 1. The van der Waals surface area contributed by atoms with E-state index >= 15 is 0 Å². The average Bonchev–Trinajstić information content (AvgIpc) is 2.85. The molecule has 3 aromatic rings. The molecule has 0 unspecified atom stereocenters. The van der Waals surface area contributed by atoms with E-state index in [9.17, 15) is 9.90 Å². The van der Waals surface area contributed by atoms with Crippen molar-refractivity contribution in [2.45, 2.75) is 0 Å². The minimum Gasteiger partial charge on any atom is -0.506 e. The van der Waals surface area contributed by atoms with Crippen LogP contribution in [0.3, 0.4) is 0 Å². The Morgan fingerprint density at radius 1 is 1.26 bits per heavy atom. The minimum atomic E-state index is -0.366. The number of carbonyl (C=O) groups is 1. The van der Waals surface area contributed by atoms with Crippen LogP contribution >= 0.6 is 0 Å². The molecule has 0 aliphatic heterocycles. The van der Waals surface area contributed by atoms with E-state index in [1.807, 2.05) is 0 Å². The van der Waals surface area contributed by atoms with Crippen molar-refractivity contribution in [3.05, 3.63) is 54.5 Å². The Kier molecular flexibility index (Phi) is 2.60. The molecule has 0 aliphatic carbocycles. The Labute approximate surface area is 108 Å². The van der Waals surface area contributed by atoms with Crippen LogP contribution in [0.5, 0.6) is 5.75 Å². The molecular formula is C13H10N4O2. The third-order valence-corrected chi connectivity index (χ3v) is 2.68. The number of amides is 1. The molecule has 3 rings (SSSR count). The summed E-state index contributed by atoms with van der Waals surface area (Å²) in [6.45, 7) is 0. The van der Waals surface area contributed by atoms with Gasteiger partial charge in [0.15, 0.2) is 5.65 Å². The van der Waals surface area contributed by atoms with Gasteiger partial charge in [-0.3, -0.25) is 4.79 Å². The Balaban J connectivity index is 1.95. The number of aromatic nitrogens is 3. The number of rotatable bonds is 2. The molecule has 0 fully saturated rings. The van der Waals surface area contributed by atoms with Crippen LogP contribution in [0.2, 0.25) is 0 Å². The lowest BCUT2D eigenvalue weighted by molar-refractivity contribution is 0.102. The zero-order valence-electron chi connectivity index (χ0n) is 9.82. The smallest absolute Gasteiger partial charge is 0.261 e. The summed E-state index contributed by atoms with van der Waals surface area (Å²) in [6.07, 6.45) is 4.74. The lowest BCUT2D eigenvalue weighted by Gasteiger charge is -2.05. The summed E-state index contributed by atoms with van der Waals surface area (Å²) in [7, 11) is 0. The first kappa shape index (κ1) is 11.2. The van der Waals surface area contributed by atoms with E-state index in [0.717, 1.165) is 0 Å². The normalized spacial score (nSPS) is 10.5. The molecule has 0 spiro atoms. The number of phenols is 1. The van der Waals surface area contributed by atoms with E-state index in [-0.39, 0.29) is 11.7 Å². The Morgan fingerprint density at radius 2 is 2.11 bits per heavy atom. The van der Waals surface area contributed by atoms with Crippen molar-refractivity contribution in [3.8, 4) is 5.75 Å². The fourth-order valence-corrected chi connectivity index (χ4v) is 1.76. The lowest BCUT2D eigenvalue weighted by atomic mass is 10.2. The van der Waals surface area contributed by atoms with Gasteiger partial charge in [0.25, 0.3) is 5.91 Å². The number of phenolic OH excluding ortho intramolecular Hbond substituents is 1. The van der Waals surface area contributed by atoms with Crippen molar-refractivity contribution in [1.82, 2.24) is 14.6 Å². The van der Waals surface area contributed by atoms with E-state index in [0.29, 0.717) is 16.9 Å². The highest BCUT2D eigenvalue weighted by Gasteiger charge is 2.14. The number of nitrogens with zero attached hydrogens (tertiary/aromatic N) is 3. The maximum Gasteiger partial charge on any atom is 0.261 e. The first-order chi connectivity index (χ1) is 9.25. The van der Waals surface area contributed by atoms with Crippen LogP contribution in [-0.4, -0.2) is 25.6 Å². The maximum atomic E-state index is 12.1. The third-order valence-electron chi connectivity index (χ3n) is 2.68. The van der Waals surface area contributed by atoms with Crippen LogP contribution in [-0.2, 0) is 0 Å². The number of nitrogens with one attached hydrogen (secondary N) is 1. The number of anilines is 1. The van der Waals surface area contributed by atoms with Gasteiger partial charge >= 0.3 is 0 Å². The monoisotopic (exact) mass is 254 g/mol. The quantitative estimate of drug-likeness (QED) is 0.682. The number of benzene rings is 1. The molecule has 19 heavy (non-hydrogen) atoms. The number of fused-ring (bicyclic) bond motifs is 1. The summed E-state index contributed by atoms with van der Waals surface area (Å²) in [5.41, 5.74) is 1.17. The molecule has 2 aromatic heterocycles. The predicted molar refractivity (Wildman–Crippen MR) is 69.0 cm³/mol. The van der Waals surface area contributed by atoms with Gasteiger partial charge in [0.2, 0.25) is 0 Å². The second-order valence-corrected chi connectivity index (χ2v) is 3.92. The molecular weight excluding hydrogens is 244 g/mol. The molecule has 2 heterocycles. The van der Waals surface area contributed by atoms with Crippen LogP contribution in [0, 0.1) is 0 Å². The van der Waals surface area contributed by atoms with Gasteiger partial charge in [-0.25, -0.2) is 9.50 Å². The van der Waals surface area contributed by atoms with Crippen LogP contribution < -0.4 is 5.32 Å². The van der Waals surface area contributed by atoms with Gasteiger partial charge in [-0.1, -0.05) is 12.1 Å². The van der Waals surface area contributed by atoms with E-state index in [1.54, 1.807) is 36.7 Å². The number of para-hydroxylation sites is 2. The molecule has 0 atom stereocenters. The van der Waals surface area contributed by atoms with Gasteiger partial charge in [-0.05, 0) is 18.2 Å². The van der Waals surface area contributed by atoms with Gasteiger partial charge in [-0.15, -0.1) is 0 Å². The summed E-state index contributed by atoms with van der Waals surface area (Å²) in [6, 6.07) is 8.26. The fourth-order valence-electron chi connectivity index (χ4n) is 1.76.